The van der Waals surface area contributed by atoms with Crippen molar-refractivity contribution < 1.29 is 9.59 Å². The smallest absolute Gasteiger partial charge is 0.248 e. The van der Waals surface area contributed by atoms with E-state index in [0.29, 0.717) is 47.1 Å². The quantitative estimate of drug-likeness (QED) is 0.304. The predicted octanol–water partition coefficient (Wildman–Crippen LogP) is 3.44. The molecule has 0 radical (unpaired) electrons. The van der Waals surface area contributed by atoms with Gasteiger partial charge >= 0.3 is 0 Å². The van der Waals surface area contributed by atoms with Crippen molar-refractivity contribution >= 4 is 45.7 Å². The highest BCUT2D eigenvalue weighted by Crippen LogP contribution is 2.24. The third kappa shape index (κ3) is 4.57. The van der Waals surface area contributed by atoms with Crippen LogP contribution in [0.4, 0.5) is 11.9 Å². The van der Waals surface area contributed by atoms with Crippen molar-refractivity contribution in [1.82, 2.24) is 19.1 Å². The van der Waals surface area contributed by atoms with E-state index in [0.717, 1.165) is 16.6 Å². The van der Waals surface area contributed by atoms with Gasteiger partial charge in [0.25, 0.3) is 0 Å². The Hall–Kier alpha value is -4.14. The molecule has 0 fully saturated rings. The van der Waals surface area contributed by atoms with Crippen molar-refractivity contribution in [2.75, 3.05) is 11.5 Å². The molecule has 9 heteroatoms. The highest BCUT2D eigenvalue weighted by atomic mass is 16.1. The number of imidazole rings is 2. The minimum atomic E-state index is -0.509. The first kappa shape index (κ1) is 23.5. The number of anilines is 2. The molecule has 0 aliphatic carbocycles. The van der Waals surface area contributed by atoms with Gasteiger partial charge in [-0.15, -0.1) is 0 Å². The van der Waals surface area contributed by atoms with Crippen LogP contribution in [-0.2, 0) is 13.1 Å². The van der Waals surface area contributed by atoms with Crippen molar-refractivity contribution in [1.29, 1.82) is 0 Å². The SMILES string of the molecule is CC.CC(=O)c1cc(C)c2c(c1)nc(N)n2C/C=C/Cn1c(N)nc2cc(C(N)=O)ccc21. The van der Waals surface area contributed by atoms with Gasteiger partial charge in [0, 0.05) is 24.2 Å². The highest BCUT2D eigenvalue weighted by Gasteiger charge is 2.13. The molecule has 6 N–H and O–H groups in total. The molecule has 2 heterocycles. The molecule has 0 aliphatic rings. The standard InChI is InChI=1S/C22H23N7O2.C2H6/c1-12-9-15(13(2)30)11-17-19(12)29(22(25)27-17)8-4-3-7-28-18-6-5-14(20(23)31)10-16(18)26-21(28)24;1-2/h3-6,9-11H,7-8H2,1-2H3,(H2,23,31)(H2,24,26)(H2,25,27);1-2H3/b4-3+;. The molecule has 4 rings (SSSR count). The monoisotopic (exact) mass is 447 g/mol. The summed E-state index contributed by atoms with van der Waals surface area (Å²) < 4.78 is 3.75. The maximum atomic E-state index is 11.7. The summed E-state index contributed by atoms with van der Waals surface area (Å²) >= 11 is 0. The zero-order valence-corrected chi connectivity index (χ0v) is 19.3. The lowest BCUT2D eigenvalue weighted by atomic mass is 10.1. The summed E-state index contributed by atoms with van der Waals surface area (Å²) in [5.41, 5.74) is 22.5. The van der Waals surface area contributed by atoms with E-state index in [4.69, 9.17) is 17.2 Å². The molecule has 0 aliphatic heterocycles. The highest BCUT2D eigenvalue weighted by molar-refractivity contribution is 5.98. The van der Waals surface area contributed by atoms with Gasteiger partial charge in [0.1, 0.15) is 0 Å². The number of carbonyl (C=O) groups excluding carboxylic acids is 2. The Morgan fingerprint density at radius 1 is 0.909 bits per heavy atom. The van der Waals surface area contributed by atoms with Gasteiger partial charge in [-0.1, -0.05) is 26.0 Å². The summed E-state index contributed by atoms with van der Waals surface area (Å²) in [6.45, 7) is 8.48. The molecule has 2 aromatic heterocycles. The Morgan fingerprint density at radius 3 is 2.12 bits per heavy atom. The topological polar surface area (TPSA) is 148 Å². The zero-order valence-electron chi connectivity index (χ0n) is 19.3. The van der Waals surface area contributed by atoms with E-state index < -0.39 is 5.91 Å². The third-order valence-corrected chi connectivity index (χ3v) is 5.27. The molecule has 9 nitrogen and oxygen atoms in total. The number of hydrogen-bond acceptors (Lipinski definition) is 6. The van der Waals surface area contributed by atoms with Gasteiger partial charge in [-0.05, 0) is 49.7 Å². The van der Waals surface area contributed by atoms with Crippen molar-refractivity contribution in [3.8, 4) is 0 Å². The number of fused-ring (bicyclic) bond motifs is 2. The van der Waals surface area contributed by atoms with Crippen molar-refractivity contribution in [3.63, 3.8) is 0 Å². The fourth-order valence-electron chi connectivity index (χ4n) is 3.74. The van der Waals surface area contributed by atoms with Crippen LogP contribution in [0.25, 0.3) is 22.1 Å². The second-order valence-corrected chi connectivity index (χ2v) is 7.42. The van der Waals surface area contributed by atoms with E-state index in [1.54, 1.807) is 24.3 Å². The minimum Gasteiger partial charge on any atom is -0.369 e. The molecule has 0 spiro atoms. The number of nitrogen functional groups attached to an aromatic ring is 2. The van der Waals surface area contributed by atoms with Gasteiger partial charge in [-0.3, -0.25) is 9.59 Å². The van der Waals surface area contributed by atoms with E-state index in [2.05, 4.69) is 9.97 Å². The van der Waals surface area contributed by atoms with Crippen molar-refractivity contribution in [2.24, 2.45) is 5.73 Å². The first-order valence-electron chi connectivity index (χ1n) is 10.7. The number of nitrogens with two attached hydrogens (primary N) is 3. The van der Waals surface area contributed by atoms with Crippen LogP contribution in [0.3, 0.4) is 0 Å². The van der Waals surface area contributed by atoms with Crippen LogP contribution < -0.4 is 17.2 Å². The lowest BCUT2D eigenvalue weighted by Gasteiger charge is -2.07. The summed E-state index contributed by atoms with van der Waals surface area (Å²) in [4.78, 5) is 31.8. The van der Waals surface area contributed by atoms with E-state index in [1.807, 2.05) is 48.1 Å². The van der Waals surface area contributed by atoms with Gasteiger partial charge in [-0.25, -0.2) is 9.97 Å². The number of nitrogens with zero attached hydrogens (tertiary/aromatic N) is 4. The number of Topliss-reactive ketones (excluding diaryl/α,β-unsaturated/α-hetero) is 1. The molecule has 0 atom stereocenters. The minimum absolute atomic E-state index is 0.00823. The molecule has 0 unspecified atom stereocenters. The number of aromatic nitrogens is 4. The molecule has 33 heavy (non-hydrogen) atoms. The summed E-state index contributed by atoms with van der Waals surface area (Å²) in [5, 5.41) is 0. The molecule has 0 bridgehead atoms. The zero-order chi connectivity index (χ0) is 24.3. The average molecular weight is 448 g/mol. The number of hydrogen-bond donors (Lipinski definition) is 3. The molecule has 172 valence electrons. The summed E-state index contributed by atoms with van der Waals surface area (Å²) in [6.07, 6.45) is 3.93. The number of aryl methyl sites for hydroxylation is 1. The number of ketones is 1. The lowest BCUT2D eigenvalue weighted by Crippen LogP contribution is -2.10. The largest absolute Gasteiger partial charge is 0.369 e. The van der Waals surface area contributed by atoms with Crippen molar-refractivity contribution in [3.05, 3.63) is 59.2 Å². The number of rotatable bonds is 6. The van der Waals surface area contributed by atoms with E-state index >= 15 is 0 Å². The fraction of sp³-hybridized carbons (Fsp3) is 0.250. The molecular formula is C24H29N7O2. The number of benzene rings is 2. The van der Waals surface area contributed by atoms with Crippen LogP contribution in [0.5, 0.6) is 0 Å². The average Bonchev–Trinajstić information content (AvgIpc) is 3.27. The second-order valence-electron chi connectivity index (χ2n) is 7.42. The summed E-state index contributed by atoms with van der Waals surface area (Å²) in [5.74, 6) is 0.216. The Bertz CT molecular complexity index is 1380. The summed E-state index contributed by atoms with van der Waals surface area (Å²) in [7, 11) is 0. The number of allylic oxidation sites excluding steroid dienone is 2. The van der Waals surface area contributed by atoms with Crippen LogP contribution in [0.2, 0.25) is 0 Å². The van der Waals surface area contributed by atoms with E-state index in [1.165, 1.54) is 6.92 Å². The fourth-order valence-corrected chi connectivity index (χ4v) is 3.74. The van der Waals surface area contributed by atoms with Gasteiger partial charge in [0.2, 0.25) is 17.8 Å². The van der Waals surface area contributed by atoms with Crippen molar-refractivity contribution in [2.45, 2.75) is 40.8 Å². The van der Waals surface area contributed by atoms with E-state index in [-0.39, 0.29) is 5.78 Å². The summed E-state index contributed by atoms with van der Waals surface area (Å²) in [6, 6.07) is 8.68. The Labute approximate surface area is 191 Å². The third-order valence-electron chi connectivity index (χ3n) is 5.27. The van der Waals surface area contributed by atoms with Crippen LogP contribution in [0.15, 0.2) is 42.5 Å². The van der Waals surface area contributed by atoms with Gasteiger partial charge in [0.05, 0.1) is 22.1 Å². The van der Waals surface area contributed by atoms with Crippen LogP contribution in [-0.4, -0.2) is 30.8 Å². The molecule has 0 saturated heterocycles. The number of carbonyl (C=O) groups is 2. The van der Waals surface area contributed by atoms with Crippen LogP contribution in [0.1, 0.15) is 47.1 Å². The lowest BCUT2D eigenvalue weighted by molar-refractivity contribution is 0.0996. The Balaban J connectivity index is 0.00000149. The van der Waals surface area contributed by atoms with Crippen LogP contribution >= 0.6 is 0 Å². The first-order chi connectivity index (χ1) is 15.8. The normalized spacial score (nSPS) is 11.2. The maximum absolute atomic E-state index is 11.7. The predicted molar refractivity (Wildman–Crippen MR) is 132 cm³/mol. The maximum Gasteiger partial charge on any atom is 0.248 e. The Kier molecular flexibility index (Phi) is 6.81. The molecule has 1 amide bonds. The Morgan fingerprint density at radius 2 is 1.48 bits per heavy atom. The van der Waals surface area contributed by atoms with Gasteiger partial charge in [0.15, 0.2) is 5.78 Å². The number of primary amides is 1. The second kappa shape index (κ2) is 9.56. The molecule has 2 aromatic carbocycles. The molecule has 4 aromatic rings. The van der Waals surface area contributed by atoms with Crippen LogP contribution in [0, 0.1) is 6.92 Å². The van der Waals surface area contributed by atoms with Gasteiger partial charge in [-0.2, -0.15) is 0 Å². The number of amides is 1. The van der Waals surface area contributed by atoms with Gasteiger partial charge < -0.3 is 26.3 Å². The van der Waals surface area contributed by atoms with E-state index in [9.17, 15) is 9.59 Å². The molecule has 0 saturated carbocycles. The first-order valence-corrected chi connectivity index (χ1v) is 10.7. The molecular weight excluding hydrogens is 418 g/mol.